The van der Waals surface area contributed by atoms with E-state index in [2.05, 4.69) is 5.32 Å². The first-order valence-corrected chi connectivity index (χ1v) is 8.96. The van der Waals surface area contributed by atoms with Gasteiger partial charge in [-0.25, -0.2) is 0 Å². The summed E-state index contributed by atoms with van der Waals surface area (Å²) in [6.45, 7) is 0. The molecule has 0 radical (unpaired) electrons. The summed E-state index contributed by atoms with van der Waals surface area (Å²) in [6.07, 6.45) is 2.22. The van der Waals surface area contributed by atoms with E-state index in [9.17, 15) is 14.4 Å². The van der Waals surface area contributed by atoms with Crippen molar-refractivity contribution >= 4 is 35.0 Å². The van der Waals surface area contributed by atoms with Crippen molar-refractivity contribution in [2.24, 2.45) is 0 Å². The van der Waals surface area contributed by atoms with Crippen molar-refractivity contribution in [2.75, 3.05) is 4.90 Å². The van der Waals surface area contributed by atoms with E-state index in [-0.39, 0.29) is 36.6 Å². The van der Waals surface area contributed by atoms with E-state index >= 15 is 0 Å². The minimum absolute atomic E-state index is 0.0313. The number of rotatable bonds is 3. The third-order valence-corrected chi connectivity index (χ3v) is 5.16. The molecule has 6 heteroatoms. The Morgan fingerprint density at radius 1 is 1.00 bits per heavy atom. The van der Waals surface area contributed by atoms with Crippen molar-refractivity contribution in [3.8, 4) is 0 Å². The fraction of sp³-hybridized carbons (Fsp3) is 0.250. The van der Waals surface area contributed by atoms with Crippen molar-refractivity contribution < 1.29 is 14.4 Å². The number of fused-ring (bicyclic) bond motifs is 1. The highest BCUT2D eigenvalue weighted by Gasteiger charge is 2.30. The van der Waals surface area contributed by atoms with Gasteiger partial charge in [0.2, 0.25) is 11.8 Å². The van der Waals surface area contributed by atoms with Crippen LogP contribution < -0.4 is 10.2 Å². The van der Waals surface area contributed by atoms with Crippen LogP contribution in [-0.2, 0) is 16.0 Å². The van der Waals surface area contributed by atoms with Crippen molar-refractivity contribution in [3.05, 3.63) is 64.2 Å². The molecule has 2 aromatic carbocycles. The molecule has 4 rings (SSSR count). The maximum Gasteiger partial charge on any atom is 0.251 e. The van der Waals surface area contributed by atoms with E-state index < -0.39 is 0 Å². The van der Waals surface area contributed by atoms with Crippen molar-refractivity contribution in [3.63, 3.8) is 0 Å². The molecule has 1 aliphatic heterocycles. The summed E-state index contributed by atoms with van der Waals surface area (Å²) >= 11 is 6.02. The summed E-state index contributed by atoms with van der Waals surface area (Å²) in [5.41, 5.74) is 3.28. The standard InChI is InChI=1S/C20H17ClN2O3/c21-14-4-7-16-13(11-14)3-8-17(16)22-20(26)12-1-5-15(6-2-12)23-18(24)9-10-19(23)25/h1-2,4-7,11,17H,3,8-10H2,(H,22,26). The van der Waals surface area contributed by atoms with Gasteiger partial charge in [0.15, 0.2) is 0 Å². The molecule has 132 valence electrons. The Morgan fingerprint density at radius 3 is 2.38 bits per heavy atom. The SMILES string of the molecule is O=C(NC1CCc2cc(Cl)ccc21)c1ccc(N2C(=O)CCC2=O)cc1. The van der Waals surface area contributed by atoms with Crippen LogP contribution >= 0.6 is 11.6 Å². The number of carbonyl (C=O) groups is 3. The lowest BCUT2D eigenvalue weighted by atomic mass is 10.1. The van der Waals surface area contributed by atoms with Crippen LogP contribution in [0.4, 0.5) is 5.69 Å². The Labute approximate surface area is 155 Å². The highest BCUT2D eigenvalue weighted by molar-refractivity contribution is 6.30. The number of aryl methyl sites for hydroxylation is 1. The van der Waals surface area contributed by atoms with Crippen LogP contribution in [0.5, 0.6) is 0 Å². The predicted molar refractivity (Wildman–Crippen MR) is 98.1 cm³/mol. The molecule has 1 fully saturated rings. The van der Waals surface area contributed by atoms with Crippen molar-refractivity contribution in [2.45, 2.75) is 31.7 Å². The summed E-state index contributed by atoms with van der Waals surface area (Å²) < 4.78 is 0. The molecular weight excluding hydrogens is 352 g/mol. The van der Waals surface area contributed by atoms with Crippen molar-refractivity contribution in [1.29, 1.82) is 0 Å². The fourth-order valence-corrected chi connectivity index (χ4v) is 3.80. The molecule has 0 spiro atoms. The Hall–Kier alpha value is -2.66. The quantitative estimate of drug-likeness (QED) is 0.844. The number of halogens is 1. The highest BCUT2D eigenvalue weighted by atomic mass is 35.5. The Kier molecular flexibility index (Phi) is 4.24. The van der Waals surface area contributed by atoms with E-state index in [0.717, 1.165) is 18.4 Å². The fourth-order valence-electron chi connectivity index (χ4n) is 3.60. The van der Waals surface area contributed by atoms with Gasteiger partial charge in [-0.3, -0.25) is 19.3 Å². The average Bonchev–Trinajstić information content (AvgIpc) is 3.18. The lowest BCUT2D eigenvalue weighted by Gasteiger charge is -2.16. The van der Waals surface area contributed by atoms with Crippen LogP contribution in [-0.4, -0.2) is 17.7 Å². The minimum Gasteiger partial charge on any atom is -0.345 e. The summed E-state index contributed by atoms with van der Waals surface area (Å²) in [5.74, 6) is -0.578. The molecule has 2 aromatic rings. The zero-order valence-electron chi connectivity index (χ0n) is 14.0. The Balaban J connectivity index is 1.48. The lowest BCUT2D eigenvalue weighted by Crippen LogP contribution is -2.29. The zero-order valence-corrected chi connectivity index (χ0v) is 14.8. The maximum atomic E-state index is 12.6. The molecule has 1 atom stereocenters. The van der Waals surface area contributed by atoms with Gasteiger partial charge in [-0.2, -0.15) is 0 Å². The number of nitrogens with one attached hydrogen (secondary N) is 1. The highest BCUT2D eigenvalue weighted by Crippen LogP contribution is 2.33. The van der Waals surface area contributed by atoms with Gasteiger partial charge in [0, 0.05) is 23.4 Å². The van der Waals surface area contributed by atoms with Crippen LogP contribution in [0.2, 0.25) is 5.02 Å². The monoisotopic (exact) mass is 368 g/mol. The van der Waals surface area contributed by atoms with Crippen LogP contribution in [0.3, 0.4) is 0 Å². The number of anilines is 1. The smallest absolute Gasteiger partial charge is 0.251 e. The molecule has 0 saturated carbocycles. The van der Waals surface area contributed by atoms with Gasteiger partial charge in [0.1, 0.15) is 0 Å². The number of carbonyl (C=O) groups excluding carboxylic acids is 3. The van der Waals surface area contributed by atoms with Crippen LogP contribution in [0.15, 0.2) is 42.5 Å². The number of amides is 3. The molecule has 1 N–H and O–H groups in total. The summed E-state index contributed by atoms with van der Waals surface area (Å²) in [5, 5.41) is 3.75. The molecule has 26 heavy (non-hydrogen) atoms. The van der Waals surface area contributed by atoms with Crippen LogP contribution in [0.25, 0.3) is 0 Å². The van der Waals surface area contributed by atoms with Gasteiger partial charge in [-0.15, -0.1) is 0 Å². The van der Waals surface area contributed by atoms with Gasteiger partial charge < -0.3 is 5.32 Å². The molecule has 0 bridgehead atoms. The molecule has 1 unspecified atom stereocenters. The molecule has 1 heterocycles. The first-order valence-electron chi connectivity index (χ1n) is 8.58. The Bertz CT molecular complexity index is 892. The number of hydrogen-bond donors (Lipinski definition) is 1. The summed E-state index contributed by atoms with van der Waals surface area (Å²) in [6, 6.07) is 12.3. The zero-order chi connectivity index (χ0) is 18.3. The summed E-state index contributed by atoms with van der Waals surface area (Å²) in [7, 11) is 0. The topological polar surface area (TPSA) is 66.5 Å². The van der Waals surface area contributed by atoms with Gasteiger partial charge in [-0.1, -0.05) is 17.7 Å². The predicted octanol–water partition coefficient (Wildman–Crippen LogP) is 3.41. The van der Waals surface area contributed by atoms with Crippen LogP contribution in [0, 0.1) is 0 Å². The van der Waals surface area contributed by atoms with Gasteiger partial charge in [0.25, 0.3) is 5.91 Å². The van der Waals surface area contributed by atoms with Gasteiger partial charge in [-0.05, 0) is 60.4 Å². The van der Waals surface area contributed by atoms with E-state index in [1.54, 1.807) is 24.3 Å². The number of hydrogen-bond acceptors (Lipinski definition) is 3. The number of nitrogens with zero attached hydrogens (tertiary/aromatic N) is 1. The molecule has 3 amide bonds. The first-order chi connectivity index (χ1) is 12.5. The molecule has 0 aromatic heterocycles. The largest absolute Gasteiger partial charge is 0.345 e. The lowest BCUT2D eigenvalue weighted by molar-refractivity contribution is -0.121. The normalized spacial score (nSPS) is 19.0. The first kappa shape index (κ1) is 16.8. The number of imide groups is 1. The van der Waals surface area contributed by atoms with Crippen LogP contribution in [0.1, 0.15) is 46.8 Å². The Morgan fingerprint density at radius 2 is 1.69 bits per heavy atom. The third kappa shape index (κ3) is 2.99. The summed E-state index contributed by atoms with van der Waals surface area (Å²) in [4.78, 5) is 37.3. The molecule has 2 aliphatic rings. The average molecular weight is 369 g/mol. The van der Waals surface area contributed by atoms with E-state index in [1.807, 2.05) is 18.2 Å². The van der Waals surface area contributed by atoms with Crippen molar-refractivity contribution in [1.82, 2.24) is 5.32 Å². The third-order valence-electron chi connectivity index (χ3n) is 4.93. The van der Waals surface area contributed by atoms with E-state index in [4.69, 9.17) is 11.6 Å². The van der Waals surface area contributed by atoms with E-state index in [0.29, 0.717) is 16.3 Å². The van der Waals surface area contributed by atoms with E-state index in [1.165, 1.54) is 10.5 Å². The number of benzene rings is 2. The maximum absolute atomic E-state index is 12.6. The molecular formula is C20H17ClN2O3. The van der Waals surface area contributed by atoms with Gasteiger partial charge in [0.05, 0.1) is 11.7 Å². The molecule has 5 nitrogen and oxygen atoms in total. The van der Waals surface area contributed by atoms with Gasteiger partial charge >= 0.3 is 0 Å². The minimum atomic E-state index is -0.201. The molecule has 1 saturated heterocycles. The second kappa shape index (κ2) is 6.57. The second-order valence-electron chi connectivity index (χ2n) is 6.58. The second-order valence-corrected chi connectivity index (χ2v) is 7.01. The molecule has 1 aliphatic carbocycles.